The number of carbonyl (C=O) groups excluding carboxylic acids is 1. The highest BCUT2D eigenvalue weighted by atomic mass is 16.1. The fourth-order valence-corrected chi connectivity index (χ4v) is 2.50. The van der Waals surface area contributed by atoms with E-state index in [1.807, 2.05) is 0 Å². The average molecular weight is 254 g/mol. The zero-order chi connectivity index (χ0) is 13.3. The van der Waals surface area contributed by atoms with Gasteiger partial charge in [-0.1, -0.05) is 39.5 Å². The van der Waals surface area contributed by atoms with Crippen molar-refractivity contribution in [1.82, 2.24) is 10.6 Å². The van der Waals surface area contributed by atoms with E-state index in [4.69, 9.17) is 0 Å². The molecule has 0 radical (unpaired) electrons. The molecule has 1 aliphatic rings. The number of piperidine rings is 1. The van der Waals surface area contributed by atoms with Crippen LogP contribution in [-0.4, -0.2) is 25.5 Å². The Labute approximate surface area is 112 Å². The minimum atomic E-state index is 0.242. The van der Waals surface area contributed by atoms with Gasteiger partial charge in [0.15, 0.2) is 0 Å². The molecule has 1 saturated heterocycles. The molecular formula is C15H30N2O. The van der Waals surface area contributed by atoms with E-state index >= 15 is 0 Å². The fourth-order valence-electron chi connectivity index (χ4n) is 2.50. The number of rotatable bonds is 8. The first-order chi connectivity index (χ1) is 8.66. The zero-order valence-electron chi connectivity index (χ0n) is 12.2. The number of hydrogen-bond donors (Lipinski definition) is 2. The molecule has 0 bridgehead atoms. The second-order valence-electron chi connectivity index (χ2n) is 6.00. The Bertz CT molecular complexity index is 235. The molecule has 3 heteroatoms. The molecule has 1 aliphatic heterocycles. The predicted molar refractivity (Wildman–Crippen MR) is 76.6 cm³/mol. The van der Waals surface area contributed by atoms with Crippen molar-refractivity contribution in [2.75, 3.05) is 19.6 Å². The Morgan fingerprint density at radius 2 is 1.83 bits per heavy atom. The SMILES string of the molecule is CCCCCCCC(=O)NCC1(C)CCNCC1. The molecule has 0 atom stereocenters. The van der Waals surface area contributed by atoms with Crippen LogP contribution >= 0.6 is 0 Å². The smallest absolute Gasteiger partial charge is 0.220 e. The van der Waals surface area contributed by atoms with Crippen LogP contribution in [0.4, 0.5) is 0 Å². The molecule has 18 heavy (non-hydrogen) atoms. The molecule has 1 fully saturated rings. The third-order valence-electron chi connectivity index (χ3n) is 4.03. The summed E-state index contributed by atoms with van der Waals surface area (Å²) in [6, 6.07) is 0. The molecule has 106 valence electrons. The Hall–Kier alpha value is -0.570. The summed E-state index contributed by atoms with van der Waals surface area (Å²) < 4.78 is 0. The van der Waals surface area contributed by atoms with Gasteiger partial charge in [0.25, 0.3) is 0 Å². The summed E-state index contributed by atoms with van der Waals surface area (Å²) in [6.45, 7) is 7.52. The quantitative estimate of drug-likeness (QED) is 0.654. The van der Waals surface area contributed by atoms with E-state index in [9.17, 15) is 4.79 Å². The topological polar surface area (TPSA) is 41.1 Å². The average Bonchev–Trinajstić information content (AvgIpc) is 2.37. The highest BCUT2D eigenvalue weighted by molar-refractivity contribution is 5.75. The minimum absolute atomic E-state index is 0.242. The molecule has 0 aliphatic carbocycles. The van der Waals surface area contributed by atoms with E-state index < -0.39 is 0 Å². The van der Waals surface area contributed by atoms with Gasteiger partial charge in [-0.25, -0.2) is 0 Å². The van der Waals surface area contributed by atoms with Crippen molar-refractivity contribution in [3.8, 4) is 0 Å². The molecule has 2 N–H and O–H groups in total. The van der Waals surface area contributed by atoms with E-state index in [1.54, 1.807) is 0 Å². The summed E-state index contributed by atoms with van der Waals surface area (Å²) in [5.41, 5.74) is 0.309. The van der Waals surface area contributed by atoms with Gasteiger partial charge in [0.1, 0.15) is 0 Å². The lowest BCUT2D eigenvalue weighted by molar-refractivity contribution is -0.121. The Balaban J connectivity index is 2.05. The van der Waals surface area contributed by atoms with Crippen molar-refractivity contribution in [3.63, 3.8) is 0 Å². The molecule has 0 aromatic rings. The van der Waals surface area contributed by atoms with Crippen LogP contribution in [0.5, 0.6) is 0 Å². The summed E-state index contributed by atoms with van der Waals surface area (Å²) in [7, 11) is 0. The van der Waals surface area contributed by atoms with Gasteiger partial charge in [0.2, 0.25) is 5.91 Å². The van der Waals surface area contributed by atoms with Crippen molar-refractivity contribution in [2.45, 2.75) is 65.2 Å². The Kier molecular flexibility index (Phi) is 7.33. The lowest BCUT2D eigenvalue weighted by Crippen LogP contribution is -2.42. The number of carbonyl (C=O) groups is 1. The third-order valence-corrected chi connectivity index (χ3v) is 4.03. The third kappa shape index (κ3) is 6.39. The van der Waals surface area contributed by atoms with Crippen LogP contribution in [-0.2, 0) is 4.79 Å². The van der Waals surface area contributed by atoms with E-state index in [-0.39, 0.29) is 5.91 Å². The molecule has 1 heterocycles. The van der Waals surface area contributed by atoms with Crippen LogP contribution in [0.15, 0.2) is 0 Å². The van der Waals surface area contributed by atoms with Crippen LogP contribution in [0.2, 0.25) is 0 Å². The maximum atomic E-state index is 11.7. The number of hydrogen-bond acceptors (Lipinski definition) is 2. The van der Waals surface area contributed by atoms with Gasteiger partial charge >= 0.3 is 0 Å². The van der Waals surface area contributed by atoms with Gasteiger partial charge in [-0.3, -0.25) is 4.79 Å². The highest BCUT2D eigenvalue weighted by Crippen LogP contribution is 2.26. The number of unbranched alkanes of at least 4 members (excludes halogenated alkanes) is 4. The van der Waals surface area contributed by atoms with Crippen LogP contribution in [0.1, 0.15) is 65.2 Å². The standard InChI is InChI=1S/C15H30N2O/c1-3-4-5-6-7-8-14(18)17-13-15(2)9-11-16-12-10-15/h16H,3-13H2,1-2H3,(H,17,18). The van der Waals surface area contributed by atoms with E-state index in [0.717, 1.165) is 26.1 Å². The van der Waals surface area contributed by atoms with Gasteiger partial charge in [0, 0.05) is 13.0 Å². The molecule has 0 saturated carbocycles. The lowest BCUT2D eigenvalue weighted by Gasteiger charge is -2.34. The molecule has 0 aromatic heterocycles. The number of nitrogens with one attached hydrogen (secondary N) is 2. The van der Waals surface area contributed by atoms with Gasteiger partial charge in [-0.2, -0.15) is 0 Å². The first-order valence-corrected chi connectivity index (χ1v) is 7.64. The molecule has 0 unspecified atom stereocenters. The van der Waals surface area contributed by atoms with Crippen LogP contribution in [0.3, 0.4) is 0 Å². The maximum absolute atomic E-state index is 11.7. The largest absolute Gasteiger partial charge is 0.356 e. The summed E-state index contributed by atoms with van der Waals surface area (Å²) >= 11 is 0. The second kappa shape index (κ2) is 8.52. The highest BCUT2D eigenvalue weighted by Gasteiger charge is 2.26. The summed E-state index contributed by atoms with van der Waals surface area (Å²) in [4.78, 5) is 11.7. The van der Waals surface area contributed by atoms with Gasteiger partial charge < -0.3 is 10.6 Å². The fraction of sp³-hybridized carbons (Fsp3) is 0.933. The van der Waals surface area contributed by atoms with Crippen molar-refractivity contribution in [2.24, 2.45) is 5.41 Å². The van der Waals surface area contributed by atoms with Crippen LogP contribution < -0.4 is 10.6 Å². The summed E-state index contributed by atoms with van der Waals surface area (Å²) in [6.07, 6.45) is 9.12. The lowest BCUT2D eigenvalue weighted by atomic mass is 9.81. The van der Waals surface area contributed by atoms with Gasteiger partial charge in [0.05, 0.1) is 0 Å². The first kappa shape index (κ1) is 15.5. The molecule has 0 aromatic carbocycles. The molecule has 1 amide bonds. The van der Waals surface area contributed by atoms with Crippen LogP contribution in [0, 0.1) is 5.41 Å². The van der Waals surface area contributed by atoms with Crippen molar-refractivity contribution < 1.29 is 4.79 Å². The number of amides is 1. The Morgan fingerprint density at radius 1 is 1.17 bits per heavy atom. The summed E-state index contributed by atoms with van der Waals surface area (Å²) in [5.74, 6) is 0.242. The van der Waals surface area contributed by atoms with Crippen molar-refractivity contribution in [1.29, 1.82) is 0 Å². The van der Waals surface area contributed by atoms with E-state index in [1.165, 1.54) is 38.5 Å². The molecule has 1 rings (SSSR count). The molecule has 0 spiro atoms. The van der Waals surface area contributed by atoms with Crippen molar-refractivity contribution in [3.05, 3.63) is 0 Å². The molecular weight excluding hydrogens is 224 g/mol. The zero-order valence-corrected chi connectivity index (χ0v) is 12.2. The Morgan fingerprint density at radius 3 is 2.50 bits per heavy atom. The van der Waals surface area contributed by atoms with Crippen molar-refractivity contribution >= 4 is 5.91 Å². The predicted octanol–water partition coefficient (Wildman–Crippen LogP) is 2.85. The van der Waals surface area contributed by atoms with Gasteiger partial charge in [-0.15, -0.1) is 0 Å². The van der Waals surface area contributed by atoms with Gasteiger partial charge in [-0.05, 0) is 37.8 Å². The summed E-state index contributed by atoms with van der Waals surface area (Å²) in [5, 5.41) is 6.49. The van der Waals surface area contributed by atoms with E-state index in [0.29, 0.717) is 11.8 Å². The van der Waals surface area contributed by atoms with Crippen LogP contribution in [0.25, 0.3) is 0 Å². The first-order valence-electron chi connectivity index (χ1n) is 7.64. The molecule has 3 nitrogen and oxygen atoms in total. The second-order valence-corrected chi connectivity index (χ2v) is 6.00. The normalized spacial score (nSPS) is 18.6. The minimum Gasteiger partial charge on any atom is -0.356 e. The monoisotopic (exact) mass is 254 g/mol. The van der Waals surface area contributed by atoms with E-state index in [2.05, 4.69) is 24.5 Å². The maximum Gasteiger partial charge on any atom is 0.220 e.